The normalized spacial score (nSPS) is 17.3. The van der Waals surface area contributed by atoms with Crippen LogP contribution in [0.4, 0.5) is 11.5 Å². The van der Waals surface area contributed by atoms with Gasteiger partial charge in [-0.2, -0.15) is 0 Å². The van der Waals surface area contributed by atoms with E-state index in [1.807, 2.05) is 6.07 Å². The second-order valence-corrected chi connectivity index (χ2v) is 7.69. The van der Waals surface area contributed by atoms with E-state index < -0.39 is 0 Å². The highest BCUT2D eigenvalue weighted by molar-refractivity contribution is 6.00. The van der Waals surface area contributed by atoms with Crippen molar-refractivity contribution in [1.82, 2.24) is 4.98 Å². The number of benzene rings is 2. The van der Waals surface area contributed by atoms with E-state index in [0.717, 1.165) is 80.5 Å². The monoisotopic (exact) mass is 402 g/mol. The van der Waals surface area contributed by atoms with E-state index in [1.165, 1.54) is 17.5 Å². The minimum atomic E-state index is 0.721. The SMILES string of the molecule is N=Cc1cc(N2CCOCC2)nc2ccc(-c3ccc(N4CCOCC4)cc3)cc12. The zero-order valence-corrected chi connectivity index (χ0v) is 17.0. The molecule has 2 aliphatic rings. The number of fused-ring (bicyclic) bond motifs is 1. The molecule has 0 amide bonds. The molecule has 2 aromatic carbocycles. The van der Waals surface area contributed by atoms with Crippen molar-refractivity contribution in [1.29, 1.82) is 5.41 Å². The van der Waals surface area contributed by atoms with Crippen LogP contribution in [-0.4, -0.2) is 63.8 Å². The molecule has 0 atom stereocenters. The van der Waals surface area contributed by atoms with Gasteiger partial charge in [-0.15, -0.1) is 0 Å². The summed E-state index contributed by atoms with van der Waals surface area (Å²) in [6, 6.07) is 17.1. The van der Waals surface area contributed by atoms with Gasteiger partial charge in [-0.25, -0.2) is 4.98 Å². The summed E-state index contributed by atoms with van der Waals surface area (Å²) in [5.41, 5.74) is 5.36. The third-order valence-electron chi connectivity index (χ3n) is 5.89. The molecule has 6 heteroatoms. The molecule has 0 spiro atoms. The van der Waals surface area contributed by atoms with Crippen LogP contribution in [0.2, 0.25) is 0 Å². The fraction of sp³-hybridized carbons (Fsp3) is 0.333. The number of nitrogens with zero attached hydrogens (tertiary/aromatic N) is 3. The number of anilines is 2. The Morgan fingerprint density at radius 2 is 1.40 bits per heavy atom. The van der Waals surface area contributed by atoms with E-state index in [9.17, 15) is 0 Å². The van der Waals surface area contributed by atoms with Gasteiger partial charge in [0.1, 0.15) is 5.82 Å². The quantitative estimate of drug-likeness (QED) is 0.676. The van der Waals surface area contributed by atoms with Crippen molar-refractivity contribution >= 4 is 28.6 Å². The van der Waals surface area contributed by atoms with Crippen LogP contribution >= 0.6 is 0 Å². The minimum absolute atomic E-state index is 0.721. The van der Waals surface area contributed by atoms with Crippen LogP contribution in [0.3, 0.4) is 0 Å². The Balaban J connectivity index is 1.46. The van der Waals surface area contributed by atoms with Crippen molar-refractivity contribution in [3.8, 4) is 11.1 Å². The number of hydrogen-bond donors (Lipinski definition) is 1. The Labute approximate surface area is 176 Å². The lowest BCUT2D eigenvalue weighted by atomic mass is 10.0. The molecule has 0 aliphatic carbocycles. The summed E-state index contributed by atoms with van der Waals surface area (Å²) < 4.78 is 10.9. The van der Waals surface area contributed by atoms with Crippen LogP contribution in [0.1, 0.15) is 5.56 Å². The number of aromatic nitrogens is 1. The Kier molecular flexibility index (Phi) is 5.34. The van der Waals surface area contributed by atoms with Gasteiger partial charge in [0, 0.05) is 49.0 Å². The third kappa shape index (κ3) is 3.76. The second-order valence-electron chi connectivity index (χ2n) is 7.69. The van der Waals surface area contributed by atoms with Crippen molar-refractivity contribution in [3.63, 3.8) is 0 Å². The number of ether oxygens (including phenoxy) is 2. The van der Waals surface area contributed by atoms with Crippen molar-refractivity contribution in [2.45, 2.75) is 0 Å². The lowest BCUT2D eigenvalue weighted by Crippen LogP contribution is -2.36. The third-order valence-corrected chi connectivity index (χ3v) is 5.89. The first-order valence-corrected chi connectivity index (χ1v) is 10.5. The summed E-state index contributed by atoms with van der Waals surface area (Å²) in [4.78, 5) is 9.46. The van der Waals surface area contributed by atoms with E-state index in [4.69, 9.17) is 19.9 Å². The minimum Gasteiger partial charge on any atom is -0.378 e. The molecule has 30 heavy (non-hydrogen) atoms. The molecule has 0 saturated carbocycles. The molecule has 3 heterocycles. The Hall–Kier alpha value is -2.96. The van der Waals surface area contributed by atoms with Crippen LogP contribution < -0.4 is 9.80 Å². The molecular formula is C24H26N4O2. The highest BCUT2D eigenvalue weighted by Crippen LogP contribution is 2.29. The first-order valence-electron chi connectivity index (χ1n) is 10.5. The largest absolute Gasteiger partial charge is 0.378 e. The highest BCUT2D eigenvalue weighted by Gasteiger charge is 2.15. The number of rotatable bonds is 4. The average molecular weight is 402 g/mol. The Morgan fingerprint density at radius 1 is 0.767 bits per heavy atom. The summed E-state index contributed by atoms with van der Waals surface area (Å²) in [7, 11) is 0. The van der Waals surface area contributed by atoms with E-state index in [0.29, 0.717) is 0 Å². The molecular weight excluding hydrogens is 376 g/mol. The van der Waals surface area contributed by atoms with E-state index in [2.05, 4.69) is 52.3 Å². The fourth-order valence-electron chi connectivity index (χ4n) is 4.18. The summed E-state index contributed by atoms with van der Waals surface area (Å²) in [6.45, 7) is 6.58. The molecule has 2 fully saturated rings. The van der Waals surface area contributed by atoms with Crippen molar-refractivity contribution in [2.24, 2.45) is 0 Å². The lowest BCUT2D eigenvalue weighted by molar-refractivity contribution is 0.122. The topological polar surface area (TPSA) is 61.7 Å². The second kappa shape index (κ2) is 8.42. The standard InChI is InChI=1S/C24H26N4O2/c25-17-20-16-24(28-9-13-30-14-10-28)26-23-6-3-19(15-22(20)23)18-1-4-21(5-2-18)27-7-11-29-12-8-27/h1-6,15-17,25H,7-14H2. The van der Waals surface area contributed by atoms with Gasteiger partial charge in [0.2, 0.25) is 0 Å². The maximum Gasteiger partial charge on any atom is 0.130 e. The summed E-state index contributed by atoms with van der Waals surface area (Å²) in [6.07, 6.45) is 1.43. The van der Waals surface area contributed by atoms with E-state index >= 15 is 0 Å². The Morgan fingerprint density at radius 3 is 2.07 bits per heavy atom. The van der Waals surface area contributed by atoms with Gasteiger partial charge >= 0.3 is 0 Å². The van der Waals surface area contributed by atoms with Crippen molar-refractivity contribution in [3.05, 3.63) is 54.1 Å². The van der Waals surface area contributed by atoms with Gasteiger partial charge in [0.05, 0.1) is 31.9 Å². The molecule has 0 unspecified atom stereocenters. The zero-order valence-electron chi connectivity index (χ0n) is 17.0. The highest BCUT2D eigenvalue weighted by atomic mass is 16.5. The van der Waals surface area contributed by atoms with E-state index in [-0.39, 0.29) is 0 Å². The van der Waals surface area contributed by atoms with Crippen LogP contribution in [-0.2, 0) is 9.47 Å². The number of hydrogen-bond acceptors (Lipinski definition) is 6. The predicted molar refractivity (Wildman–Crippen MR) is 121 cm³/mol. The summed E-state index contributed by atoms with van der Waals surface area (Å²) in [5, 5.41) is 8.95. The van der Waals surface area contributed by atoms with Gasteiger partial charge in [0.15, 0.2) is 0 Å². The van der Waals surface area contributed by atoms with Crippen molar-refractivity contribution in [2.75, 3.05) is 62.4 Å². The first-order chi connectivity index (χ1) is 14.8. The van der Waals surface area contributed by atoms with Gasteiger partial charge in [-0.1, -0.05) is 18.2 Å². The van der Waals surface area contributed by atoms with E-state index in [1.54, 1.807) is 0 Å². The van der Waals surface area contributed by atoms with Crippen LogP contribution in [0, 0.1) is 5.41 Å². The smallest absolute Gasteiger partial charge is 0.130 e. The Bertz CT molecular complexity index is 1040. The maximum absolute atomic E-state index is 7.94. The molecule has 5 rings (SSSR count). The van der Waals surface area contributed by atoms with Crippen molar-refractivity contribution < 1.29 is 9.47 Å². The van der Waals surface area contributed by atoms with Gasteiger partial charge < -0.3 is 24.7 Å². The molecule has 1 N–H and O–H groups in total. The van der Waals surface area contributed by atoms with Crippen LogP contribution in [0.5, 0.6) is 0 Å². The molecule has 3 aromatic rings. The summed E-state index contributed by atoms with van der Waals surface area (Å²) >= 11 is 0. The zero-order chi connectivity index (χ0) is 20.3. The molecule has 0 radical (unpaired) electrons. The van der Waals surface area contributed by atoms with Gasteiger partial charge in [-0.3, -0.25) is 0 Å². The molecule has 154 valence electrons. The summed E-state index contributed by atoms with van der Waals surface area (Å²) in [5.74, 6) is 0.923. The molecule has 1 aromatic heterocycles. The van der Waals surface area contributed by atoms with Gasteiger partial charge in [0.25, 0.3) is 0 Å². The molecule has 2 aliphatic heterocycles. The van der Waals surface area contributed by atoms with Gasteiger partial charge in [-0.05, 0) is 41.5 Å². The molecule has 0 bridgehead atoms. The molecule has 2 saturated heterocycles. The molecule has 6 nitrogen and oxygen atoms in total. The lowest BCUT2D eigenvalue weighted by Gasteiger charge is -2.29. The number of nitrogens with one attached hydrogen (secondary N) is 1. The first kappa shape index (κ1) is 19.0. The van der Waals surface area contributed by atoms with Crippen LogP contribution in [0.25, 0.3) is 22.0 Å². The van der Waals surface area contributed by atoms with Crippen LogP contribution in [0.15, 0.2) is 48.5 Å². The predicted octanol–water partition coefficient (Wildman–Crippen LogP) is 3.57. The fourth-order valence-corrected chi connectivity index (χ4v) is 4.18. The number of pyridine rings is 1. The number of morpholine rings is 2. The average Bonchev–Trinajstić information content (AvgIpc) is 2.84. The maximum atomic E-state index is 7.94.